The van der Waals surface area contributed by atoms with E-state index < -0.39 is 0 Å². The lowest BCUT2D eigenvalue weighted by atomic mass is 9.95. The van der Waals surface area contributed by atoms with Gasteiger partial charge in [0.1, 0.15) is 11.6 Å². The van der Waals surface area contributed by atoms with Crippen LogP contribution in [-0.2, 0) is 21.5 Å². The van der Waals surface area contributed by atoms with Crippen molar-refractivity contribution in [2.75, 3.05) is 25.1 Å². The highest BCUT2D eigenvalue weighted by atomic mass is 16.5. The highest BCUT2D eigenvalue weighted by Crippen LogP contribution is 2.25. The van der Waals surface area contributed by atoms with Gasteiger partial charge in [0, 0.05) is 31.7 Å². The van der Waals surface area contributed by atoms with E-state index in [0.29, 0.717) is 6.61 Å². The molecule has 0 N–H and O–H groups in total. The fraction of sp³-hybridized carbons (Fsp3) is 0.765. The zero-order chi connectivity index (χ0) is 16.3. The fourth-order valence-corrected chi connectivity index (χ4v) is 2.66. The van der Waals surface area contributed by atoms with Gasteiger partial charge >= 0.3 is 0 Å². The molecule has 0 radical (unpaired) electrons. The van der Waals surface area contributed by atoms with Crippen molar-refractivity contribution < 1.29 is 9.47 Å². The molecule has 124 valence electrons. The molecular formula is C17H29N3O2. The van der Waals surface area contributed by atoms with Crippen molar-refractivity contribution in [3.05, 3.63) is 17.6 Å². The van der Waals surface area contributed by atoms with Gasteiger partial charge in [-0.05, 0) is 13.3 Å². The Bertz CT molecular complexity index is 499. The van der Waals surface area contributed by atoms with E-state index in [1.807, 2.05) is 6.07 Å². The number of hydrogen-bond donors (Lipinski definition) is 0. The van der Waals surface area contributed by atoms with Gasteiger partial charge in [0.25, 0.3) is 0 Å². The van der Waals surface area contributed by atoms with E-state index in [1.54, 1.807) is 7.11 Å². The van der Waals surface area contributed by atoms with Gasteiger partial charge in [-0.1, -0.05) is 27.7 Å². The minimum Gasteiger partial charge on any atom is -0.378 e. The SMILES string of the molecule is CCC1CN(c2cc(COC)nc(C(C)(C)C)n2)CC(C)O1. The van der Waals surface area contributed by atoms with Crippen LogP contribution in [0, 0.1) is 0 Å². The molecule has 22 heavy (non-hydrogen) atoms. The lowest BCUT2D eigenvalue weighted by Gasteiger charge is -2.37. The highest BCUT2D eigenvalue weighted by Gasteiger charge is 2.27. The number of anilines is 1. The Hall–Kier alpha value is -1.20. The predicted molar refractivity (Wildman–Crippen MR) is 88.3 cm³/mol. The van der Waals surface area contributed by atoms with E-state index in [0.717, 1.165) is 36.8 Å². The Kier molecular flexibility index (Phi) is 5.40. The number of rotatable bonds is 4. The third-order valence-corrected chi connectivity index (χ3v) is 3.83. The van der Waals surface area contributed by atoms with Crippen molar-refractivity contribution in [2.45, 2.75) is 65.3 Å². The highest BCUT2D eigenvalue weighted by molar-refractivity contribution is 5.41. The third kappa shape index (κ3) is 4.17. The quantitative estimate of drug-likeness (QED) is 0.856. The average molecular weight is 307 g/mol. The number of nitrogens with zero attached hydrogens (tertiary/aromatic N) is 3. The fourth-order valence-electron chi connectivity index (χ4n) is 2.66. The van der Waals surface area contributed by atoms with Gasteiger partial charge in [0.2, 0.25) is 0 Å². The van der Waals surface area contributed by atoms with Gasteiger partial charge in [0.15, 0.2) is 0 Å². The van der Waals surface area contributed by atoms with Crippen molar-refractivity contribution >= 4 is 5.82 Å². The molecule has 1 aliphatic heterocycles. The van der Waals surface area contributed by atoms with E-state index in [4.69, 9.17) is 14.5 Å². The minimum atomic E-state index is -0.0828. The van der Waals surface area contributed by atoms with Crippen LogP contribution in [-0.4, -0.2) is 42.4 Å². The standard InChI is InChI=1S/C17H29N3O2/c1-7-14-10-20(9-12(2)22-14)15-8-13(11-21-6)18-16(19-15)17(3,4)5/h8,12,14H,7,9-11H2,1-6H3. The molecule has 2 unspecified atom stereocenters. The molecule has 0 saturated carbocycles. The van der Waals surface area contributed by atoms with E-state index in [2.05, 4.69) is 44.5 Å². The van der Waals surface area contributed by atoms with Crippen molar-refractivity contribution in [3.8, 4) is 0 Å². The molecule has 1 aromatic heterocycles. The van der Waals surface area contributed by atoms with E-state index in [-0.39, 0.29) is 17.6 Å². The summed E-state index contributed by atoms with van der Waals surface area (Å²) in [5.41, 5.74) is 0.852. The number of hydrogen-bond acceptors (Lipinski definition) is 5. The first-order valence-corrected chi connectivity index (χ1v) is 8.11. The van der Waals surface area contributed by atoms with Gasteiger partial charge in [-0.15, -0.1) is 0 Å². The van der Waals surface area contributed by atoms with Crippen LogP contribution in [0.25, 0.3) is 0 Å². The second-order valence-corrected chi connectivity index (χ2v) is 7.11. The molecule has 0 spiro atoms. The normalized spacial score (nSPS) is 22.9. The molecule has 1 aliphatic rings. The third-order valence-electron chi connectivity index (χ3n) is 3.83. The maximum Gasteiger partial charge on any atom is 0.136 e. The smallest absolute Gasteiger partial charge is 0.136 e. The van der Waals surface area contributed by atoms with Crippen molar-refractivity contribution in [3.63, 3.8) is 0 Å². The van der Waals surface area contributed by atoms with E-state index >= 15 is 0 Å². The number of methoxy groups -OCH3 is 1. The first-order valence-electron chi connectivity index (χ1n) is 8.11. The van der Waals surface area contributed by atoms with E-state index in [1.165, 1.54) is 0 Å². The van der Waals surface area contributed by atoms with Crippen LogP contribution in [0.1, 0.15) is 52.6 Å². The van der Waals surface area contributed by atoms with Crippen LogP contribution >= 0.6 is 0 Å². The summed E-state index contributed by atoms with van der Waals surface area (Å²) in [7, 11) is 1.70. The van der Waals surface area contributed by atoms with Crippen LogP contribution < -0.4 is 4.90 Å². The molecule has 2 rings (SSSR count). The molecule has 5 nitrogen and oxygen atoms in total. The van der Waals surface area contributed by atoms with Crippen molar-refractivity contribution in [1.82, 2.24) is 9.97 Å². The summed E-state index contributed by atoms with van der Waals surface area (Å²) in [6.45, 7) is 13.0. The Labute approximate surface area is 134 Å². The molecule has 1 saturated heterocycles. The molecule has 1 aromatic rings. The summed E-state index contributed by atoms with van der Waals surface area (Å²) < 4.78 is 11.2. The Morgan fingerprint density at radius 2 is 2.05 bits per heavy atom. The van der Waals surface area contributed by atoms with Crippen LogP contribution in [0.15, 0.2) is 6.07 Å². The van der Waals surface area contributed by atoms with Crippen LogP contribution in [0.5, 0.6) is 0 Å². The van der Waals surface area contributed by atoms with E-state index in [9.17, 15) is 0 Å². The Morgan fingerprint density at radius 1 is 1.32 bits per heavy atom. The predicted octanol–water partition coefficient (Wildman–Crippen LogP) is 2.92. The maximum absolute atomic E-state index is 5.95. The summed E-state index contributed by atoms with van der Waals surface area (Å²) in [6.07, 6.45) is 1.50. The summed E-state index contributed by atoms with van der Waals surface area (Å²) in [5, 5.41) is 0. The summed E-state index contributed by atoms with van der Waals surface area (Å²) >= 11 is 0. The van der Waals surface area contributed by atoms with Gasteiger partial charge in [-0.3, -0.25) is 0 Å². The lowest BCUT2D eigenvalue weighted by Crippen LogP contribution is -2.47. The Morgan fingerprint density at radius 3 is 2.64 bits per heavy atom. The zero-order valence-corrected chi connectivity index (χ0v) is 14.7. The number of aromatic nitrogens is 2. The second kappa shape index (κ2) is 6.92. The lowest BCUT2D eigenvalue weighted by molar-refractivity contribution is -0.0175. The molecule has 1 fully saturated rings. The molecule has 2 heterocycles. The Balaban J connectivity index is 2.34. The average Bonchev–Trinajstić information content (AvgIpc) is 2.45. The molecule has 5 heteroatoms. The monoisotopic (exact) mass is 307 g/mol. The first kappa shape index (κ1) is 17.2. The van der Waals surface area contributed by atoms with Gasteiger partial charge in [-0.25, -0.2) is 9.97 Å². The largest absolute Gasteiger partial charge is 0.378 e. The van der Waals surface area contributed by atoms with Gasteiger partial charge < -0.3 is 14.4 Å². The second-order valence-electron chi connectivity index (χ2n) is 7.11. The zero-order valence-electron chi connectivity index (χ0n) is 14.7. The van der Waals surface area contributed by atoms with Crippen LogP contribution in [0.4, 0.5) is 5.82 Å². The summed E-state index contributed by atoms with van der Waals surface area (Å²) in [4.78, 5) is 11.8. The van der Waals surface area contributed by atoms with Crippen molar-refractivity contribution in [2.24, 2.45) is 0 Å². The first-order chi connectivity index (χ1) is 10.3. The molecule has 0 amide bonds. The topological polar surface area (TPSA) is 47.5 Å². The van der Waals surface area contributed by atoms with Crippen molar-refractivity contribution in [1.29, 1.82) is 0 Å². The number of morpholine rings is 1. The molecule has 0 aliphatic carbocycles. The molecule has 0 aromatic carbocycles. The van der Waals surface area contributed by atoms with Gasteiger partial charge in [-0.2, -0.15) is 0 Å². The van der Waals surface area contributed by atoms with Crippen LogP contribution in [0.3, 0.4) is 0 Å². The van der Waals surface area contributed by atoms with Crippen LogP contribution in [0.2, 0.25) is 0 Å². The molecule has 2 atom stereocenters. The van der Waals surface area contributed by atoms with Gasteiger partial charge in [0.05, 0.1) is 24.5 Å². The number of ether oxygens (including phenoxy) is 2. The summed E-state index contributed by atoms with van der Waals surface area (Å²) in [6, 6.07) is 2.05. The molecule has 0 bridgehead atoms. The maximum atomic E-state index is 5.95. The molecular weight excluding hydrogens is 278 g/mol. The summed E-state index contributed by atoms with van der Waals surface area (Å²) in [5.74, 6) is 1.85. The minimum absolute atomic E-state index is 0.0828.